The Balaban J connectivity index is 1.98. The van der Waals surface area contributed by atoms with Crippen molar-refractivity contribution in [1.29, 1.82) is 5.26 Å². The summed E-state index contributed by atoms with van der Waals surface area (Å²) in [6.07, 6.45) is 3.93. The zero-order chi connectivity index (χ0) is 18.4. The van der Waals surface area contributed by atoms with Crippen LogP contribution in [0.1, 0.15) is 56.5 Å². The second-order valence-electron chi connectivity index (χ2n) is 7.36. The van der Waals surface area contributed by atoms with Crippen LogP contribution in [0.3, 0.4) is 0 Å². The van der Waals surface area contributed by atoms with Gasteiger partial charge in [-0.05, 0) is 62.9 Å². The van der Waals surface area contributed by atoms with Gasteiger partial charge in [0.1, 0.15) is 0 Å². The first-order valence-electron chi connectivity index (χ1n) is 8.77. The highest BCUT2D eigenvalue weighted by Gasteiger charge is 2.17. The molecule has 2 N–H and O–H groups in total. The van der Waals surface area contributed by atoms with Crippen molar-refractivity contribution in [3.05, 3.63) is 47.3 Å². The van der Waals surface area contributed by atoms with Gasteiger partial charge in [-0.1, -0.05) is 13.8 Å². The van der Waals surface area contributed by atoms with E-state index in [0.717, 1.165) is 30.8 Å². The van der Waals surface area contributed by atoms with E-state index in [2.05, 4.69) is 44.2 Å². The van der Waals surface area contributed by atoms with Crippen LogP contribution in [0.4, 0.5) is 0 Å². The van der Waals surface area contributed by atoms with Gasteiger partial charge in [-0.3, -0.25) is 0 Å². The van der Waals surface area contributed by atoms with Gasteiger partial charge in [0.2, 0.25) is 0 Å². The van der Waals surface area contributed by atoms with Gasteiger partial charge in [0, 0.05) is 23.9 Å². The normalized spacial score (nSPS) is 12.8. The van der Waals surface area contributed by atoms with Crippen LogP contribution in [0.2, 0.25) is 0 Å². The quantitative estimate of drug-likeness (QED) is 0.721. The summed E-state index contributed by atoms with van der Waals surface area (Å²) in [5.74, 6) is 0. The molecule has 0 saturated heterocycles. The first-order valence-corrected chi connectivity index (χ1v) is 8.77. The van der Waals surface area contributed by atoms with E-state index in [9.17, 15) is 5.11 Å². The lowest BCUT2D eigenvalue weighted by atomic mass is 9.89. The van der Waals surface area contributed by atoms with Crippen molar-refractivity contribution in [1.82, 2.24) is 15.1 Å². The molecule has 2 rings (SSSR count). The molecule has 0 amide bonds. The minimum atomic E-state index is -0.0126. The number of benzene rings is 1. The molecule has 0 saturated carbocycles. The molecule has 0 fully saturated rings. The van der Waals surface area contributed by atoms with E-state index in [1.165, 1.54) is 5.56 Å². The fourth-order valence-corrected chi connectivity index (χ4v) is 2.86. The van der Waals surface area contributed by atoms with Gasteiger partial charge in [-0.15, -0.1) is 0 Å². The molecule has 0 spiro atoms. The van der Waals surface area contributed by atoms with E-state index in [0.29, 0.717) is 5.56 Å². The lowest BCUT2D eigenvalue weighted by Crippen LogP contribution is -2.23. The molecule has 0 bridgehead atoms. The monoisotopic (exact) mass is 340 g/mol. The molecule has 5 heteroatoms. The van der Waals surface area contributed by atoms with Crippen molar-refractivity contribution in [2.24, 2.45) is 5.41 Å². The summed E-state index contributed by atoms with van der Waals surface area (Å²) >= 11 is 0. The lowest BCUT2D eigenvalue weighted by Gasteiger charge is -2.22. The zero-order valence-electron chi connectivity index (χ0n) is 15.6. The van der Waals surface area contributed by atoms with Crippen molar-refractivity contribution in [3.63, 3.8) is 0 Å². The summed E-state index contributed by atoms with van der Waals surface area (Å²) in [5, 5.41) is 26.3. The van der Waals surface area contributed by atoms with Crippen molar-refractivity contribution in [2.75, 3.05) is 13.2 Å². The van der Waals surface area contributed by atoms with Gasteiger partial charge in [0.25, 0.3) is 0 Å². The maximum atomic E-state index is 9.31. The number of aliphatic hydroxyl groups excluding tert-OH is 1. The van der Waals surface area contributed by atoms with Crippen LogP contribution in [0.5, 0.6) is 0 Å². The zero-order valence-corrected chi connectivity index (χ0v) is 15.6. The third-order valence-electron chi connectivity index (χ3n) is 4.66. The van der Waals surface area contributed by atoms with Crippen molar-refractivity contribution < 1.29 is 5.11 Å². The highest BCUT2D eigenvalue weighted by molar-refractivity contribution is 5.40. The second-order valence-corrected chi connectivity index (χ2v) is 7.36. The van der Waals surface area contributed by atoms with Crippen molar-refractivity contribution >= 4 is 0 Å². The summed E-state index contributed by atoms with van der Waals surface area (Å²) in [6, 6.07) is 9.78. The van der Waals surface area contributed by atoms with Gasteiger partial charge in [-0.2, -0.15) is 10.4 Å². The van der Waals surface area contributed by atoms with Gasteiger partial charge >= 0.3 is 0 Å². The third kappa shape index (κ3) is 4.91. The molecule has 1 heterocycles. The van der Waals surface area contributed by atoms with E-state index in [4.69, 9.17) is 5.26 Å². The van der Waals surface area contributed by atoms with E-state index >= 15 is 0 Å². The van der Waals surface area contributed by atoms with E-state index in [1.54, 1.807) is 12.1 Å². The predicted octanol–water partition coefficient (Wildman–Crippen LogP) is 3.50. The summed E-state index contributed by atoms with van der Waals surface area (Å²) in [6.45, 7) is 9.51. The Kier molecular flexibility index (Phi) is 6.35. The number of aromatic nitrogens is 2. The van der Waals surface area contributed by atoms with Crippen LogP contribution in [-0.2, 0) is 0 Å². The average molecular weight is 340 g/mol. The Morgan fingerprint density at radius 3 is 2.60 bits per heavy atom. The predicted molar refractivity (Wildman–Crippen MR) is 99.5 cm³/mol. The Bertz CT molecular complexity index is 725. The SMILES string of the molecule is Cc1c(C(C)NCCCC(C)(C)CO)cnn1-c1ccc(C#N)cc1. The maximum Gasteiger partial charge on any atom is 0.0991 e. The van der Waals surface area contributed by atoms with Crippen LogP contribution in [0.25, 0.3) is 5.69 Å². The minimum Gasteiger partial charge on any atom is -0.396 e. The highest BCUT2D eigenvalue weighted by Crippen LogP contribution is 2.22. The number of hydrogen-bond donors (Lipinski definition) is 2. The van der Waals surface area contributed by atoms with Crippen molar-refractivity contribution in [2.45, 2.75) is 46.6 Å². The molecule has 1 aromatic heterocycles. The topological polar surface area (TPSA) is 73.9 Å². The largest absolute Gasteiger partial charge is 0.396 e. The number of aliphatic hydroxyl groups is 1. The Labute approximate surface area is 150 Å². The Morgan fingerprint density at radius 1 is 1.32 bits per heavy atom. The summed E-state index contributed by atoms with van der Waals surface area (Å²) in [4.78, 5) is 0. The summed E-state index contributed by atoms with van der Waals surface area (Å²) < 4.78 is 1.91. The van der Waals surface area contributed by atoms with Crippen LogP contribution in [-0.4, -0.2) is 28.0 Å². The number of nitrogens with zero attached hydrogens (tertiary/aromatic N) is 3. The standard InChI is InChI=1S/C20H28N4O/c1-15(22-11-5-10-20(3,4)14-25)19-13-23-24(16(19)2)18-8-6-17(12-21)7-9-18/h6-9,13,15,22,25H,5,10-11,14H2,1-4H3. The number of nitriles is 1. The molecule has 0 radical (unpaired) electrons. The molecular formula is C20H28N4O. The van der Waals surface area contributed by atoms with Crippen LogP contribution >= 0.6 is 0 Å². The molecule has 134 valence electrons. The van der Waals surface area contributed by atoms with Gasteiger partial charge < -0.3 is 10.4 Å². The van der Waals surface area contributed by atoms with E-state index in [-0.39, 0.29) is 18.1 Å². The molecule has 0 aliphatic heterocycles. The summed E-state index contributed by atoms with van der Waals surface area (Å²) in [7, 11) is 0. The fraction of sp³-hybridized carbons (Fsp3) is 0.500. The molecule has 1 aromatic carbocycles. The molecular weight excluding hydrogens is 312 g/mol. The van der Waals surface area contributed by atoms with Crippen LogP contribution < -0.4 is 5.32 Å². The summed E-state index contributed by atoms with van der Waals surface area (Å²) in [5.41, 5.74) is 3.86. The smallest absolute Gasteiger partial charge is 0.0991 e. The highest BCUT2D eigenvalue weighted by atomic mass is 16.3. The van der Waals surface area contributed by atoms with Crippen LogP contribution in [0.15, 0.2) is 30.5 Å². The van der Waals surface area contributed by atoms with E-state index < -0.39 is 0 Å². The molecule has 0 aliphatic carbocycles. The lowest BCUT2D eigenvalue weighted by molar-refractivity contribution is 0.147. The number of rotatable bonds is 8. The molecule has 5 nitrogen and oxygen atoms in total. The van der Waals surface area contributed by atoms with Crippen LogP contribution in [0, 0.1) is 23.7 Å². The van der Waals surface area contributed by atoms with Gasteiger partial charge in [-0.25, -0.2) is 4.68 Å². The molecule has 1 atom stereocenters. The first-order chi connectivity index (χ1) is 11.9. The third-order valence-corrected chi connectivity index (χ3v) is 4.66. The van der Waals surface area contributed by atoms with Crippen molar-refractivity contribution in [3.8, 4) is 11.8 Å². The van der Waals surface area contributed by atoms with Gasteiger partial charge in [0.15, 0.2) is 0 Å². The Morgan fingerprint density at radius 2 is 2.00 bits per heavy atom. The number of hydrogen-bond acceptors (Lipinski definition) is 4. The number of nitrogens with one attached hydrogen (secondary N) is 1. The maximum absolute atomic E-state index is 9.31. The average Bonchev–Trinajstić information content (AvgIpc) is 3.00. The minimum absolute atomic E-state index is 0.0126. The molecule has 25 heavy (non-hydrogen) atoms. The molecule has 1 unspecified atom stereocenters. The molecule has 0 aliphatic rings. The Hall–Kier alpha value is -2.16. The fourth-order valence-electron chi connectivity index (χ4n) is 2.86. The first kappa shape index (κ1) is 19.2. The molecule has 2 aromatic rings. The van der Waals surface area contributed by atoms with Gasteiger partial charge in [0.05, 0.1) is 23.5 Å². The van der Waals surface area contributed by atoms with E-state index in [1.807, 2.05) is 23.0 Å². The second kappa shape index (κ2) is 8.28.